The quantitative estimate of drug-likeness (QED) is 0.0222. The minimum atomic E-state index is -5.02. The van der Waals surface area contributed by atoms with Crippen LogP contribution >= 0.6 is 0 Å². The van der Waals surface area contributed by atoms with Crippen molar-refractivity contribution >= 4 is 22.1 Å². The van der Waals surface area contributed by atoms with E-state index in [1.54, 1.807) is 0 Å². The summed E-state index contributed by atoms with van der Waals surface area (Å²) < 4.78 is 46.6. The Kier molecular flexibility index (Phi) is 36.2. The summed E-state index contributed by atoms with van der Waals surface area (Å²) in [7, 11) is -5.02. The molecule has 0 heterocycles. The second kappa shape index (κ2) is 36.8. The molecule has 7 nitrogen and oxygen atoms in total. The molecule has 0 aliphatic heterocycles. The Morgan fingerprint density at radius 3 is 1.25 bits per heavy atom. The molecule has 298 valence electrons. The molecular weight excluding hydrogens is 712 g/mol. The third-order valence-electron chi connectivity index (χ3n) is 9.50. The Balaban J connectivity index is 0.0000270. The second-order valence-corrected chi connectivity index (χ2v) is 15.6. The molecule has 1 rings (SSSR count). The standard InChI is InChI=1S/C44H74O7S.K/c1-3-5-7-9-11-13-15-17-19-21-23-25-27-29-31-33-38-50-43(45)40-36-35-37-41(52(47,48)49)42(40)44(46)51-39-34-32-30-28-26-24-22-20-18-16-14-12-10-8-6-4-2;/h19-22,35-37H,3-18,23-34,38-39H2,1-2H3,(H,47,48,49);/q;+1/p-1/b21-19+,22-20+;. The molecule has 0 aliphatic rings. The van der Waals surface area contributed by atoms with Crippen molar-refractivity contribution < 1.29 is 83.4 Å². The Labute approximate surface area is 367 Å². The summed E-state index contributed by atoms with van der Waals surface area (Å²) in [6.07, 6.45) is 41.8. The zero-order chi connectivity index (χ0) is 38.0. The van der Waals surface area contributed by atoms with E-state index in [0.717, 1.165) is 76.7 Å². The van der Waals surface area contributed by atoms with Gasteiger partial charge in [0.15, 0.2) is 0 Å². The van der Waals surface area contributed by atoms with Crippen LogP contribution in [0.1, 0.15) is 214 Å². The summed E-state index contributed by atoms with van der Waals surface area (Å²) in [6.45, 7) is 4.72. The van der Waals surface area contributed by atoms with Gasteiger partial charge in [-0.15, -0.1) is 0 Å². The first-order valence-electron chi connectivity index (χ1n) is 21.1. The van der Waals surface area contributed by atoms with Gasteiger partial charge >= 0.3 is 63.3 Å². The Bertz CT molecular complexity index is 1210. The van der Waals surface area contributed by atoms with Gasteiger partial charge in [0.05, 0.1) is 29.2 Å². The molecule has 0 N–H and O–H groups in total. The van der Waals surface area contributed by atoms with Crippen LogP contribution in [0.25, 0.3) is 0 Å². The Morgan fingerprint density at radius 2 is 0.868 bits per heavy atom. The fourth-order valence-corrected chi connectivity index (χ4v) is 6.99. The zero-order valence-corrected chi connectivity index (χ0v) is 38.0. The van der Waals surface area contributed by atoms with Crippen molar-refractivity contribution in [3.63, 3.8) is 0 Å². The normalized spacial score (nSPS) is 11.7. The maximum absolute atomic E-state index is 13.0. The van der Waals surface area contributed by atoms with E-state index >= 15 is 0 Å². The minimum absolute atomic E-state index is 0. The second-order valence-electron chi connectivity index (χ2n) is 14.3. The molecule has 53 heavy (non-hydrogen) atoms. The SMILES string of the molecule is CCCCCCCCC/C=C/CCCCCCCOC(=O)c1cccc(S(=O)(=O)[O-])c1C(=O)OCCCCCCC/C=C/CCCCCCCCC.[K+]. The van der Waals surface area contributed by atoms with E-state index in [1.165, 1.54) is 108 Å². The number of benzene rings is 1. The molecule has 0 amide bonds. The maximum atomic E-state index is 13.0. The fourth-order valence-electron chi connectivity index (χ4n) is 6.30. The number of rotatable bonds is 35. The molecule has 0 aromatic heterocycles. The molecule has 0 fully saturated rings. The van der Waals surface area contributed by atoms with Crippen LogP contribution in [0.3, 0.4) is 0 Å². The number of carbonyl (C=O) groups is 2. The van der Waals surface area contributed by atoms with E-state index in [2.05, 4.69) is 38.2 Å². The molecule has 0 bridgehead atoms. The fraction of sp³-hybridized carbons (Fsp3) is 0.727. The van der Waals surface area contributed by atoms with Gasteiger partial charge in [0.2, 0.25) is 0 Å². The van der Waals surface area contributed by atoms with Crippen molar-refractivity contribution in [3.8, 4) is 0 Å². The molecule has 0 atom stereocenters. The van der Waals surface area contributed by atoms with E-state index in [4.69, 9.17) is 9.47 Å². The van der Waals surface area contributed by atoms with Crippen LogP contribution in [0.4, 0.5) is 0 Å². The van der Waals surface area contributed by atoms with Crippen LogP contribution in [0.2, 0.25) is 0 Å². The van der Waals surface area contributed by atoms with Crippen LogP contribution in [-0.2, 0) is 19.6 Å². The molecule has 0 spiro atoms. The average molecular weight is 785 g/mol. The summed E-state index contributed by atoms with van der Waals surface area (Å²) in [5.74, 6) is -1.83. The molecule has 0 radical (unpaired) electrons. The molecule has 0 saturated carbocycles. The van der Waals surface area contributed by atoms with Gasteiger partial charge in [-0.1, -0.05) is 160 Å². The van der Waals surface area contributed by atoms with Crippen molar-refractivity contribution in [2.45, 2.75) is 199 Å². The van der Waals surface area contributed by atoms with Crippen LogP contribution in [0.15, 0.2) is 47.4 Å². The topological polar surface area (TPSA) is 110 Å². The summed E-state index contributed by atoms with van der Waals surface area (Å²) in [5, 5.41) is 0. The van der Waals surface area contributed by atoms with Crippen LogP contribution in [0, 0.1) is 0 Å². The van der Waals surface area contributed by atoms with Gasteiger partial charge in [-0.3, -0.25) is 0 Å². The van der Waals surface area contributed by atoms with Gasteiger partial charge in [0, 0.05) is 0 Å². The largest absolute Gasteiger partial charge is 1.00 e. The van der Waals surface area contributed by atoms with Crippen molar-refractivity contribution in [2.24, 2.45) is 0 Å². The maximum Gasteiger partial charge on any atom is 1.00 e. The summed E-state index contributed by atoms with van der Waals surface area (Å²) in [4.78, 5) is 25.1. The molecular formula is C44H73KO7S. The predicted molar refractivity (Wildman–Crippen MR) is 214 cm³/mol. The van der Waals surface area contributed by atoms with E-state index in [9.17, 15) is 22.6 Å². The molecule has 0 unspecified atom stereocenters. The van der Waals surface area contributed by atoms with Gasteiger partial charge in [-0.05, 0) is 76.3 Å². The van der Waals surface area contributed by atoms with E-state index in [1.807, 2.05) is 0 Å². The van der Waals surface area contributed by atoms with Crippen LogP contribution < -0.4 is 51.4 Å². The van der Waals surface area contributed by atoms with Crippen LogP contribution in [-0.4, -0.2) is 38.1 Å². The molecule has 0 aliphatic carbocycles. The first kappa shape index (κ1) is 52.2. The smallest absolute Gasteiger partial charge is 0.744 e. The molecule has 9 heteroatoms. The Morgan fingerprint density at radius 1 is 0.528 bits per heavy atom. The van der Waals surface area contributed by atoms with Crippen molar-refractivity contribution in [1.82, 2.24) is 0 Å². The van der Waals surface area contributed by atoms with E-state index in [-0.39, 0.29) is 70.2 Å². The van der Waals surface area contributed by atoms with Crippen molar-refractivity contribution in [1.29, 1.82) is 0 Å². The predicted octanol–water partition coefficient (Wildman–Crippen LogP) is 9.98. The third kappa shape index (κ3) is 29.1. The number of hydrogen-bond acceptors (Lipinski definition) is 7. The van der Waals surface area contributed by atoms with Gasteiger partial charge in [0.1, 0.15) is 10.1 Å². The summed E-state index contributed by atoms with van der Waals surface area (Å²) in [5.41, 5.74) is -0.795. The number of allylic oxidation sites excluding steroid dienone is 4. The van der Waals surface area contributed by atoms with Gasteiger partial charge in [0.25, 0.3) is 0 Å². The average Bonchev–Trinajstić information content (AvgIpc) is 3.13. The monoisotopic (exact) mass is 784 g/mol. The minimum Gasteiger partial charge on any atom is -0.744 e. The van der Waals surface area contributed by atoms with Crippen molar-refractivity contribution in [2.75, 3.05) is 13.2 Å². The first-order valence-corrected chi connectivity index (χ1v) is 22.5. The summed E-state index contributed by atoms with van der Waals surface area (Å²) >= 11 is 0. The van der Waals surface area contributed by atoms with Crippen molar-refractivity contribution in [3.05, 3.63) is 53.6 Å². The van der Waals surface area contributed by atoms with E-state index < -0.39 is 32.5 Å². The molecule has 0 saturated heterocycles. The van der Waals surface area contributed by atoms with E-state index in [0.29, 0.717) is 12.8 Å². The van der Waals surface area contributed by atoms with Gasteiger partial charge < -0.3 is 14.0 Å². The Hall–Kier alpha value is -0.814. The number of esters is 2. The van der Waals surface area contributed by atoms with Gasteiger partial charge in [-0.25, -0.2) is 18.0 Å². The number of hydrogen-bond donors (Lipinski definition) is 0. The first-order chi connectivity index (χ1) is 25.3. The number of carbonyl (C=O) groups excluding carboxylic acids is 2. The van der Waals surface area contributed by atoms with Crippen LogP contribution in [0.5, 0.6) is 0 Å². The molecule has 1 aromatic carbocycles. The number of unbranched alkanes of at least 4 members (excludes halogenated alkanes) is 24. The zero-order valence-electron chi connectivity index (χ0n) is 34.0. The van der Waals surface area contributed by atoms with Gasteiger partial charge in [-0.2, -0.15) is 0 Å². The summed E-state index contributed by atoms with van der Waals surface area (Å²) in [6, 6.07) is 3.60. The number of ether oxygens (including phenoxy) is 2. The molecule has 1 aromatic rings. The third-order valence-corrected chi connectivity index (χ3v) is 10.4.